The monoisotopic (exact) mass is 322 g/mol. The molecule has 0 aliphatic heterocycles. The lowest BCUT2D eigenvalue weighted by Gasteiger charge is -2.10. The number of halogens is 2. The maximum Gasteiger partial charge on any atom is 0.323 e. The normalized spacial score (nSPS) is 10.0. The second-order valence-electron chi connectivity index (χ2n) is 4.34. The van der Waals surface area contributed by atoms with Crippen LogP contribution in [0.1, 0.15) is 17.3 Å². The summed E-state index contributed by atoms with van der Waals surface area (Å²) in [6.45, 7) is 1.44. The summed E-state index contributed by atoms with van der Waals surface area (Å²) in [6, 6.07) is 11.0. The van der Waals surface area contributed by atoms with Gasteiger partial charge >= 0.3 is 6.03 Å². The van der Waals surface area contributed by atoms with Crippen LogP contribution >= 0.6 is 23.2 Å². The van der Waals surface area contributed by atoms with Crippen molar-refractivity contribution in [3.63, 3.8) is 0 Å². The van der Waals surface area contributed by atoms with E-state index in [1.54, 1.807) is 42.5 Å². The SMILES string of the molecule is CC(=O)c1ccccc1NC(=O)Nc1cc(Cl)cc(Cl)c1. The summed E-state index contributed by atoms with van der Waals surface area (Å²) in [5, 5.41) is 6.07. The number of benzene rings is 2. The number of urea groups is 1. The number of Topliss-reactive ketones (excluding diaryl/α,β-unsaturated/α-hetero) is 1. The molecule has 6 heteroatoms. The largest absolute Gasteiger partial charge is 0.323 e. The van der Waals surface area contributed by atoms with Gasteiger partial charge in [-0.15, -0.1) is 0 Å². The third kappa shape index (κ3) is 4.21. The van der Waals surface area contributed by atoms with Gasteiger partial charge in [0.25, 0.3) is 0 Å². The highest BCUT2D eigenvalue weighted by molar-refractivity contribution is 6.35. The number of carbonyl (C=O) groups excluding carboxylic acids is 2. The van der Waals surface area contributed by atoms with Crippen LogP contribution in [0.15, 0.2) is 42.5 Å². The number of carbonyl (C=O) groups is 2. The minimum absolute atomic E-state index is 0.128. The maximum absolute atomic E-state index is 12.0. The first-order chi connectivity index (χ1) is 9.95. The van der Waals surface area contributed by atoms with E-state index in [1.807, 2.05) is 0 Å². The van der Waals surface area contributed by atoms with E-state index in [2.05, 4.69) is 10.6 Å². The van der Waals surface area contributed by atoms with Crippen LogP contribution < -0.4 is 10.6 Å². The number of nitrogens with one attached hydrogen (secondary N) is 2. The third-order valence-corrected chi connectivity index (χ3v) is 3.11. The second-order valence-corrected chi connectivity index (χ2v) is 5.21. The van der Waals surface area contributed by atoms with Gasteiger partial charge in [-0.1, -0.05) is 35.3 Å². The molecule has 4 nitrogen and oxygen atoms in total. The lowest BCUT2D eigenvalue weighted by Crippen LogP contribution is -2.20. The average molecular weight is 323 g/mol. The van der Waals surface area contributed by atoms with Gasteiger partial charge < -0.3 is 10.6 Å². The molecule has 2 amide bonds. The molecule has 2 aromatic rings. The Morgan fingerprint density at radius 2 is 1.57 bits per heavy atom. The summed E-state index contributed by atoms with van der Waals surface area (Å²) in [7, 11) is 0. The van der Waals surface area contributed by atoms with Crippen molar-refractivity contribution in [1.29, 1.82) is 0 Å². The van der Waals surface area contributed by atoms with E-state index in [4.69, 9.17) is 23.2 Å². The van der Waals surface area contributed by atoms with Crippen LogP contribution in [-0.4, -0.2) is 11.8 Å². The zero-order chi connectivity index (χ0) is 15.4. The van der Waals surface area contributed by atoms with E-state index < -0.39 is 6.03 Å². The van der Waals surface area contributed by atoms with Crippen LogP contribution in [0.25, 0.3) is 0 Å². The molecule has 0 saturated carbocycles. The number of hydrogen-bond donors (Lipinski definition) is 2. The summed E-state index contributed by atoms with van der Waals surface area (Å²) < 4.78 is 0. The molecule has 108 valence electrons. The molecule has 0 bridgehead atoms. The molecule has 2 rings (SSSR count). The minimum Gasteiger partial charge on any atom is -0.308 e. The molecule has 2 aromatic carbocycles. The minimum atomic E-state index is -0.484. The first-order valence-corrected chi connectivity index (χ1v) is 6.85. The van der Waals surface area contributed by atoms with Crippen molar-refractivity contribution >= 4 is 46.4 Å². The van der Waals surface area contributed by atoms with E-state index in [0.29, 0.717) is 27.0 Å². The standard InChI is InChI=1S/C15H12Cl2N2O2/c1-9(20)13-4-2-3-5-14(13)19-15(21)18-12-7-10(16)6-11(17)8-12/h2-8H,1H3,(H2,18,19,21). The van der Waals surface area contributed by atoms with Crippen molar-refractivity contribution < 1.29 is 9.59 Å². The smallest absolute Gasteiger partial charge is 0.308 e. The average Bonchev–Trinajstić information content (AvgIpc) is 2.37. The number of hydrogen-bond acceptors (Lipinski definition) is 2. The lowest BCUT2D eigenvalue weighted by atomic mass is 10.1. The highest BCUT2D eigenvalue weighted by Crippen LogP contribution is 2.23. The van der Waals surface area contributed by atoms with Gasteiger partial charge in [-0.2, -0.15) is 0 Å². The van der Waals surface area contributed by atoms with Crippen LogP contribution in [0, 0.1) is 0 Å². The fraction of sp³-hybridized carbons (Fsp3) is 0.0667. The van der Waals surface area contributed by atoms with E-state index >= 15 is 0 Å². The highest BCUT2D eigenvalue weighted by Gasteiger charge is 2.10. The van der Waals surface area contributed by atoms with Gasteiger partial charge in [0.15, 0.2) is 5.78 Å². The van der Waals surface area contributed by atoms with E-state index in [1.165, 1.54) is 6.92 Å². The van der Waals surface area contributed by atoms with Crippen molar-refractivity contribution in [2.24, 2.45) is 0 Å². The van der Waals surface area contributed by atoms with Gasteiger partial charge in [0.2, 0.25) is 0 Å². The van der Waals surface area contributed by atoms with Crippen LogP contribution in [0.4, 0.5) is 16.2 Å². The van der Waals surface area contributed by atoms with Crippen molar-refractivity contribution in [3.05, 3.63) is 58.1 Å². The summed E-state index contributed by atoms with van der Waals surface area (Å²) in [6.07, 6.45) is 0. The van der Waals surface area contributed by atoms with Crippen LogP contribution in [0.2, 0.25) is 10.0 Å². The molecule has 0 spiro atoms. The molecule has 2 N–H and O–H groups in total. The zero-order valence-electron chi connectivity index (χ0n) is 11.1. The molecule has 0 heterocycles. The van der Waals surface area contributed by atoms with E-state index in [0.717, 1.165) is 0 Å². The predicted octanol–water partition coefficient (Wildman–Crippen LogP) is 4.84. The predicted molar refractivity (Wildman–Crippen MR) is 85.5 cm³/mol. The lowest BCUT2D eigenvalue weighted by molar-refractivity contribution is 0.101. The quantitative estimate of drug-likeness (QED) is 0.794. The van der Waals surface area contributed by atoms with Crippen molar-refractivity contribution in [2.75, 3.05) is 10.6 Å². The van der Waals surface area contributed by atoms with Crippen LogP contribution in [-0.2, 0) is 0 Å². The summed E-state index contributed by atoms with van der Waals surface area (Å²) in [4.78, 5) is 23.4. The number of para-hydroxylation sites is 1. The van der Waals surface area contributed by atoms with Crippen molar-refractivity contribution in [2.45, 2.75) is 6.92 Å². The Morgan fingerprint density at radius 3 is 2.19 bits per heavy atom. The molecule has 21 heavy (non-hydrogen) atoms. The first kappa shape index (κ1) is 15.4. The fourth-order valence-electron chi connectivity index (χ4n) is 1.81. The molecule has 0 saturated heterocycles. The molecule has 0 aliphatic rings. The van der Waals surface area contributed by atoms with Crippen molar-refractivity contribution in [3.8, 4) is 0 Å². The molecule has 0 aliphatic carbocycles. The van der Waals surface area contributed by atoms with Crippen LogP contribution in [0.5, 0.6) is 0 Å². The Labute approximate surface area is 132 Å². The number of anilines is 2. The van der Waals surface area contributed by atoms with Crippen molar-refractivity contribution in [1.82, 2.24) is 0 Å². The van der Waals surface area contributed by atoms with E-state index in [9.17, 15) is 9.59 Å². The fourth-order valence-corrected chi connectivity index (χ4v) is 2.34. The Bertz CT molecular complexity index is 682. The summed E-state index contributed by atoms with van der Waals surface area (Å²) in [5.41, 5.74) is 1.35. The molecule has 0 fully saturated rings. The Kier molecular flexibility index (Phi) is 4.83. The Morgan fingerprint density at radius 1 is 0.952 bits per heavy atom. The molecular formula is C15H12Cl2N2O2. The number of ketones is 1. The first-order valence-electron chi connectivity index (χ1n) is 6.10. The highest BCUT2D eigenvalue weighted by atomic mass is 35.5. The van der Waals surface area contributed by atoms with Gasteiger partial charge in [-0.25, -0.2) is 4.79 Å². The second kappa shape index (κ2) is 6.61. The molecule has 0 atom stereocenters. The topological polar surface area (TPSA) is 58.2 Å². The number of amides is 2. The van der Waals surface area contributed by atoms with E-state index in [-0.39, 0.29) is 5.78 Å². The zero-order valence-corrected chi connectivity index (χ0v) is 12.6. The van der Waals surface area contributed by atoms with Gasteiger partial charge in [-0.3, -0.25) is 4.79 Å². The Balaban J connectivity index is 2.14. The molecular weight excluding hydrogens is 311 g/mol. The van der Waals surface area contributed by atoms with Gasteiger partial charge in [-0.05, 0) is 37.3 Å². The Hall–Kier alpha value is -2.04. The molecule has 0 radical (unpaired) electrons. The van der Waals surface area contributed by atoms with Crippen LogP contribution in [0.3, 0.4) is 0 Å². The summed E-state index contributed by atoms with van der Waals surface area (Å²) >= 11 is 11.7. The molecule has 0 aromatic heterocycles. The maximum atomic E-state index is 12.0. The van der Waals surface area contributed by atoms with Gasteiger partial charge in [0.1, 0.15) is 0 Å². The molecule has 0 unspecified atom stereocenters. The number of rotatable bonds is 3. The van der Waals surface area contributed by atoms with Gasteiger partial charge in [0, 0.05) is 21.3 Å². The summed E-state index contributed by atoms with van der Waals surface area (Å²) in [5.74, 6) is -0.128. The van der Waals surface area contributed by atoms with Gasteiger partial charge in [0.05, 0.1) is 5.69 Å². The third-order valence-electron chi connectivity index (χ3n) is 2.67.